The van der Waals surface area contributed by atoms with Gasteiger partial charge in [-0.3, -0.25) is 0 Å². The Hall–Kier alpha value is -3.15. The smallest absolute Gasteiger partial charge is 0.338 e. The van der Waals surface area contributed by atoms with Crippen LogP contribution in [0.5, 0.6) is 5.75 Å². The predicted molar refractivity (Wildman–Crippen MR) is 125 cm³/mol. The number of carbonyl (C=O) groups is 1. The van der Waals surface area contributed by atoms with Crippen LogP contribution in [0.15, 0.2) is 78.9 Å². The molecule has 32 heavy (non-hydrogen) atoms. The van der Waals surface area contributed by atoms with Crippen molar-refractivity contribution in [2.75, 3.05) is 19.8 Å². The third-order valence-corrected chi connectivity index (χ3v) is 5.19. The van der Waals surface area contributed by atoms with Gasteiger partial charge >= 0.3 is 5.97 Å². The van der Waals surface area contributed by atoms with Gasteiger partial charge in [0.15, 0.2) is 0 Å². The maximum atomic E-state index is 12.3. The van der Waals surface area contributed by atoms with E-state index in [1.54, 1.807) is 24.3 Å². The van der Waals surface area contributed by atoms with Gasteiger partial charge in [-0.05, 0) is 60.2 Å². The molecule has 5 nitrogen and oxygen atoms in total. The summed E-state index contributed by atoms with van der Waals surface area (Å²) in [7, 11) is 0. The van der Waals surface area contributed by atoms with Crippen molar-refractivity contribution in [2.45, 2.75) is 31.8 Å². The highest BCUT2D eigenvalue weighted by Gasteiger charge is 2.12. The van der Waals surface area contributed by atoms with Crippen LogP contribution in [0.4, 0.5) is 0 Å². The highest BCUT2D eigenvalue weighted by atomic mass is 16.5. The molecule has 0 bridgehead atoms. The molecule has 0 aromatic heterocycles. The van der Waals surface area contributed by atoms with Crippen molar-refractivity contribution in [1.29, 1.82) is 0 Å². The highest BCUT2D eigenvalue weighted by molar-refractivity contribution is 5.90. The first kappa shape index (κ1) is 23.5. The van der Waals surface area contributed by atoms with E-state index >= 15 is 0 Å². The first-order valence-electron chi connectivity index (χ1n) is 11.0. The van der Waals surface area contributed by atoms with Gasteiger partial charge < -0.3 is 19.7 Å². The summed E-state index contributed by atoms with van der Waals surface area (Å²) in [6, 6.07) is 24.2. The summed E-state index contributed by atoms with van der Waals surface area (Å²) in [4.78, 5) is 12.3. The molecule has 0 saturated carbocycles. The van der Waals surface area contributed by atoms with Crippen LogP contribution in [0.25, 0.3) is 11.1 Å². The van der Waals surface area contributed by atoms with Crippen LogP contribution in [-0.4, -0.2) is 36.0 Å². The lowest BCUT2D eigenvalue weighted by molar-refractivity contribution is 0.0254. The van der Waals surface area contributed by atoms with E-state index in [0.717, 1.165) is 42.6 Å². The molecular weight excluding hydrogens is 404 g/mol. The standard InChI is InChI=1S/C27H30O5/c28-18-6-1-2-7-19-31-25-16-14-22(15-17-25)21-10-12-24(13-11-21)27(30)32-20-26(29)23-8-4-3-5-9-23/h3-5,8-17,26,28-29H,1-2,6-7,18-20H2. The Morgan fingerprint density at radius 3 is 2.06 bits per heavy atom. The molecule has 168 valence electrons. The SMILES string of the molecule is O=C(OCC(O)c1ccccc1)c1ccc(-c2ccc(OCCCCCCO)cc2)cc1. The zero-order valence-corrected chi connectivity index (χ0v) is 18.2. The quantitative estimate of drug-likeness (QED) is 0.304. The van der Waals surface area contributed by atoms with Crippen molar-refractivity contribution in [3.63, 3.8) is 0 Å². The Morgan fingerprint density at radius 1 is 0.781 bits per heavy atom. The van der Waals surface area contributed by atoms with Gasteiger partial charge in [-0.25, -0.2) is 4.79 Å². The van der Waals surface area contributed by atoms with Crippen LogP contribution in [0.3, 0.4) is 0 Å². The van der Waals surface area contributed by atoms with Gasteiger partial charge in [-0.2, -0.15) is 0 Å². The average Bonchev–Trinajstić information content (AvgIpc) is 2.85. The van der Waals surface area contributed by atoms with Crippen molar-refractivity contribution in [1.82, 2.24) is 0 Å². The zero-order chi connectivity index (χ0) is 22.6. The molecule has 0 spiro atoms. The fraction of sp³-hybridized carbons (Fsp3) is 0.296. The number of ether oxygens (including phenoxy) is 2. The van der Waals surface area contributed by atoms with Crippen molar-refractivity contribution in [2.24, 2.45) is 0 Å². The van der Waals surface area contributed by atoms with Crippen LogP contribution >= 0.6 is 0 Å². The minimum atomic E-state index is -0.847. The highest BCUT2D eigenvalue weighted by Crippen LogP contribution is 2.23. The number of carbonyl (C=O) groups excluding carboxylic acids is 1. The second kappa shape index (κ2) is 12.6. The average molecular weight is 435 g/mol. The van der Waals surface area contributed by atoms with Crippen LogP contribution in [-0.2, 0) is 4.74 Å². The number of unbranched alkanes of at least 4 members (excludes halogenated alkanes) is 3. The fourth-order valence-corrected chi connectivity index (χ4v) is 3.31. The van der Waals surface area contributed by atoms with Crippen molar-refractivity contribution >= 4 is 5.97 Å². The minimum absolute atomic E-state index is 0.0898. The minimum Gasteiger partial charge on any atom is -0.494 e. The first-order valence-corrected chi connectivity index (χ1v) is 11.0. The second-order valence-electron chi connectivity index (χ2n) is 7.61. The number of rotatable bonds is 12. The summed E-state index contributed by atoms with van der Waals surface area (Å²) < 4.78 is 11.0. The lowest BCUT2D eigenvalue weighted by Gasteiger charge is -2.12. The van der Waals surface area contributed by atoms with Crippen molar-refractivity contribution < 1.29 is 24.5 Å². The van der Waals surface area contributed by atoms with Gasteiger partial charge in [0.2, 0.25) is 0 Å². The van der Waals surface area contributed by atoms with Crippen LogP contribution in [0.1, 0.15) is 47.7 Å². The number of esters is 1. The Labute approximate surface area is 189 Å². The van der Waals surface area contributed by atoms with Gasteiger partial charge in [0.05, 0.1) is 12.2 Å². The molecule has 0 fully saturated rings. The summed E-state index contributed by atoms with van der Waals surface area (Å²) in [5.74, 6) is 0.363. The molecule has 1 unspecified atom stereocenters. The zero-order valence-electron chi connectivity index (χ0n) is 18.2. The summed E-state index contributed by atoms with van der Waals surface area (Å²) in [6.45, 7) is 0.829. The van der Waals surface area contributed by atoms with E-state index in [1.165, 1.54) is 0 Å². The Kier molecular flexibility index (Phi) is 9.29. The molecule has 1 atom stereocenters. The van der Waals surface area contributed by atoms with Crippen molar-refractivity contribution in [3.05, 3.63) is 90.0 Å². The van der Waals surface area contributed by atoms with Crippen LogP contribution in [0, 0.1) is 0 Å². The number of aliphatic hydroxyl groups is 2. The molecule has 0 saturated heterocycles. The van der Waals surface area contributed by atoms with Gasteiger partial charge in [0, 0.05) is 6.61 Å². The summed E-state index contributed by atoms with van der Waals surface area (Å²) >= 11 is 0. The molecule has 0 aliphatic heterocycles. The Morgan fingerprint density at radius 2 is 1.41 bits per heavy atom. The van der Waals surface area contributed by atoms with E-state index in [4.69, 9.17) is 14.6 Å². The Bertz CT molecular complexity index is 936. The Balaban J connectivity index is 1.47. The normalized spacial score (nSPS) is 11.7. The molecule has 2 N–H and O–H groups in total. The van der Waals surface area contributed by atoms with Crippen LogP contribution < -0.4 is 4.74 Å². The molecule has 3 aromatic carbocycles. The predicted octanol–water partition coefficient (Wildman–Crippen LogP) is 5.18. The third kappa shape index (κ3) is 7.22. The third-order valence-electron chi connectivity index (χ3n) is 5.19. The second-order valence-corrected chi connectivity index (χ2v) is 7.61. The van der Waals surface area contributed by atoms with E-state index in [1.807, 2.05) is 54.6 Å². The van der Waals surface area contributed by atoms with Gasteiger partial charge in [0.25, 0.3) is 0 Å². The molecule has 0 aliphatic carbocycles. The molecule has 0 radical (unpaired) electrons. The largest absolute Gasteiger partial charge is 0.494 e. The number of hydrogen-bond donors (Lipinski definition) is 2. The molecular formula is C27H30O5. The lowest BCUT2D eigenvalue weighted by atomic mass is 10.0. The van der Waals surface area contributed by atoms with E-state index in [2.05, 4.69) is 0 Å². The van der Waals surface area contributed by atoms with E-state index in [-0.39, 0.29) is 13.2 Å². The summed E-state index contributed by atoms with van der Waals surface area (Å²) in [5, 5.41) is 18.9. The first-order chi connectivity index (χ1) is 15.7. The monoisotopic (exact) mass is 434 g/mol. The molecule has 5 heteroatoms. The molecule has 3 rings (SSSR count). The van der Waals surface area contributed by atoms with Crippen molar-refractivity contribution in [3.8, 4) is 16.9 Å². The van der Waals surface area contributed by atoms with Gasteiger partial charge in [-0.1, -0.05) is 61.0 Å². The maximum absolute atomic E-state index is 12.3. The molecule has 0 amide bonds. The number of hydrogen-bond acceptors (Lipinski definition) is 5. The fourth-order valence-electron chi connectivity index (χ4n) is 3.31. The summed E-state index contributed by atoms with van der Waals surface area (Å²) in [6.07, 6.45) is 3.05. The van der Waals surface area contributed by atoms with Crippen LogP contribution in [0.2, 0.25) is 0 Å². The number of aliphatic hydroxyl groups excluding tert-OH is 2. The number of benzene rings is 3. The van der Waals surface area contributed by atoms with Gasteiger partial charge in [-0.15, -0.1) is 0 Å². The van der Waals surface area contributed by atoms with E-state index in [0.29, 0.717) is 17.7 Å². The molecule has 3 aromatic rings. The van der Waals surface area contributed by atoms with E-state index < -0.39 is 12.1 Å². The maximum Gasteiger partial charge on any atom is 0.338 e. The van der Waals surface area contributed by atoms with Gasteiger partial charge in [0.1, 0.15) is 18.5 Å². The molecule has 0 heterocycles. The van der Waals surface area contributed by atoms with E-state index in [9.17, 15) is 9.90 Å². The molecule has 0 aliphatic rings. The topological polar surface area (TPSA) is 76.0 Å². The summed E-state index contributed by atoms with van der Waals surface area (Å²) in [5.41, 5.74) is 3.17. The lowest BCUT2D eigenvalue weighted by Crippen LogP contribution is -2.12.